The number of hydrogen-bond acceptors (Lipinski definition) is 3. The van der Waals surface area contributed by atoms with E-state index >= 15 is 0 Å². The van der Waals surface area contributed by atoms with Crippen molar-refractivity contribution in [2.45, 2.75) is 100.0 Å². The molecule has 0 saturated carbocycles. The molecule has 4 N–H and O–H groups in total. The van der Waals surface area contributed by atoms with Crippen molar-refractivity contribution in [1.29, 1.82) is 0 Å². The van der Waals surface area contributed by atoms with Crippen LogP contribution in [0.3, 0.4) is 0 Å². The van der Waals surface area contributed by atoms with E-state index in [1.165, 1.54) is 0 Å². The molecule has 170 valence electrons. The van der Waals surface area contributed by atoms with E-state index in [0.29, 0.717) is 19.4 Å². The van der Waals surface area contributed by atoms with E-state index in [-0.39, 0.29) is 28.9 Å². The molecule has 2 atom stereocenters. The first-order valence-corrected chi connectivity index (χ1v) is 11.2. The molecule has 0 radical (unpaired) electrons. The molecule has 0 rings (SSSR count). The van der Waals surface area contributed by atoms with Crippen molar-refractivity contribution in [2.24, 2.45) is 28.4 Å². The average Bonchev–Trinajstić information content (AvgIpc) is 2.61. The van der Waals surface area contributed by atoms with Crippen LogP contribution < -0.4 is 16.4 Å². The number of Topliss-reactive ketones (excluding diaryl/α,β-unsaturated/α-hetero) is 1. The van der Waals surface area contributed by atoms with Gasteiger partial charge in [-0.1, -0.05) is 68.2 Å². The SMILES string of the molecule is CCCC(C)(C)C(=O)C(CCCNC(N)=O)NC(=O)C(CC(C)(C)CC)C(C)C. The van der Waals surface area contributed by atoms with Gasteiger partial charge in [-0.15, -0.1) is 0 Å². The summed E-state index contributed by atoms with van der Waals surface area (Å²) in [6.07, 6.45) is 4.52. The van der Waals surface area contributed by atoms with E-state index in [1.54, 1.807) is 0 Å². The van der Waals surface area contributed by atoms with E-state index in [1.807, 2.05) is 13.8 Å². The lowest BCUT2D eigenvalue weighted by Crippen LogP contribution is -2.49. The molecule has 0 aromatic rings. The Bertz CT molecular complexity index is 541. The van der Waals surface area contributed by atoms with Gasteiger partial charge in [0.05, 0.1) is 6.04 Å². The molecular weight excluding hydrogens is 366 g/mol. The molecule has 0 spiro atoms. The minimum absolute atomic E-state index is 0.0463. The van der Waals surface area contributed by atoms with Gasteiger partial charge in [0, 0.05) is 17.9 Å². The van der Waals surface area contributed by atoms with Crippen molar-refractivity contribution in [2.75, 3.05) is 6.54 Å². The first kappa shape index (κ1) is 27.4. The van der Waals surface area contributed by atoms with Crippen molar-refractivity contribution < 1.29 is 14.4 Å². The number of primary amides is 1. The Kier molecular flexibility index (Phi) is 11.5. The quantitative estimate of drug-likeness (QED) is 0.369. The summed E-state index contributed by atoms with van der Waals surface area (Å²) in [5.74, 6) is 0.0640. The second-order valence-corrected chi connectivity index (χ2v) is 10.1. The first-order chi connectivity index (χ1) is 13.3. The minimum atomic E-state index is -0.579. The normalized spacial score (nSPS) is 14.4. The lowest BCUT2D eigenvalue weighted by atomic mass is 9.75. The van der Waals surface area contributed by atoms with Crippen LogP contribution in [0.1, 0.15) is 93.9 Å². The third-order valence-electron chi connectivity index (χ3n) is 6.01. The Morgan fingerprint density at radius 1 is 1.03 bits per heavy atom. The van der Waals surface area contributed by atoms with Gasteiger partial charge in [-0.3, -0.25) is 9.59 Å². The molecule has 6 heteroatoms. The molecular formula is C23H45N3O3. The molecule has 3 amide bonds. The van der Waals surface area contributed by atoms with Crippen LogP contribution in [0.15, 0.2) is 0 Å². The summed E-state index contributed by atoms with van der Waals surface area (Å²) < 4.78 is 0. The van der Waals surface area contributed by atoms with Crippen molar-refractivity contribution in [1.82, 2.24) is 10.6 Å². The summed E-state index contributed by atoms with van der Waals surface area (Å²) in [4.78, 5) is 37.3. The molecule has 6 nitrogen and oxygen atoms in total. The number of ketones is 1. The summed E-state index contributed by atoms with van der Waals surface area (Å²) in [6, 6.07) is -1.13. The fraction of sp³-hybridized carbons (Fsp3) is 0.870. The van der Waals surface area contributed by atoms with Crippen LogP contribution >= 0.6 is 0 Å². The van der Waals surface area contributed by atoms with Crippen molar-refractivity contribution >= 4 is 17.7 Å². The van der Waals surface area contributed by atoms with Gasteiger partial charge in [0.25, 0.3) is 0 Å². The maximum absolute atomic E-state index is 13.2. The highest BCUT2D eigenvalue weighted by molar-refractivity contribution is 5.93. The van der Waals surface area contributed by atoms with Gasteiger partial charge in [0.15, 0.2) is 5.78 Å². The molecule has 0 saturated heterocycles. The Morgan fingerprint density at radius 2 is 1.62 bits per heavy atom. The standard InChI is InChI=1S/C23H45N3O3/c1-9-13-23(7,8)19(27)18(12-11-14-25-21(24)29)26-20(28)17(16(3)4)15-22(5,6)10-2/h16-18H,9-15H2,1-8H3,(H,26,28)(H3,24,25,29). The Balaban J connectivity index is 5.39. The lowest BCUT2D eigenvalue weighted by molar-refractivity contribution is -0.136. The zero-order valence-corrected chi connectivity index (χ0v) is 20.0. The van der Waals surface area contributed by atoms with Gasteiger partial charge in [-0.2, -0.15) is 0 Å². The van der Waals surface area contributed by atoms with E-state index < -0.39 is 17.5 Å². The van der Waals surface area contributed by atoms with Crippen molar-refractivity contribution in [3.8, 4) is 0 Å². The number of amides is 3. The van der Waals surface area contributed by atoms with Crippen LogP contribution in [-0.2, 0) is 9.59 Å². The fourth-order valence-corrected chi connectivity index (χ4v) is 3.66. The number of rotatable bonds is 14. The van der Waals surface area contributed by atoms with E-state index in [9.17, 15) is 14.4 Å². The Morgan fingerprint density at radius 3 is 2.07 bits per heavy atom. The van der Waals surface area contributed by atoms with Crippen LogP contribution in [-0.4, -0.2) is 30.3 Å². The van der Waals surface area contributed by atoms with Gasteiger partial charge < -0.3 is 16.4 Å². The van der Waals surface area contributed by atoms with Gasteiger partial charge in [0.1, 0.15) is 0 Å². The van der Waals surface area contributed by atoms with E-state index in [2.05, 4.69) is 52.2 Å². The predicted molar refractivity (Wildman–Crippen MR) is 119 cm³/mol. The molecule has 0 aliphatic rings. The maximum Gasteiger partial charge on any atom is 0.312 e. The predicted octanol–water partition coefficient (Wildman–Crippen LogP) is 4.41. The monoisotopic (exact) mass is 411 g/mol. The van der Waals surface area contributed by atoms with Crippen LogP contribution in [0.5, 0.6) is 0 Å². The molecule has 0 heterocycles. The van der Waals surface area contributed by atoms with E-state index in [4.69, 9.17) is 5.73 Å². The van der Waals surface area contributed by atoms with Crippen LogP contribution in [0, 0.1) is 22.7 Å². The smallest absolute Gasteiger partial charge is 0.312 e. The van der Waals surface area contributed by atoms with Gasteiger partial charge in [-0.05, 0) is 37.0 Å². The van der Waals surface area contributed by atoms with Gasteiger partial charge >= 0.3 is 6.03 Å². The maximum atomic E-state index is 13.2. The third-order valence-corrected chi connectivity index (χ3v) is 6.01. The second-order valence-electron chi connectivity index (χ2n) is 10.1. The van der Waals surface area contributed by atoms with Crippen LogP contribution in [0.2, 0.25) is 0 Å². The lowest BCUT2D eigenvalue weighted by Gasteiger charge is -2.33. The number of urea groups is 1. The zero-order valence-electron chi connectivity index (χ0n) is 20.0. The second kappa shape index (κ2) is 12.2. The number of nitrogens with two attached hydrogens (primary N) is 1. The minimum Gasteiger partial charge on any atom is -0.352 e. The number of nitrogens with one attached hydrogen (secondary N) is 2. The van der Waals surface area contributed by atoms with Gasteiger partial charge in [-0.25, -0.2) is 4.79 Å². The molecule has 0 fully saturated rings. The summed E-state index contributed by atoms with van der Waals surface area (Å²) in [6.45, 7) is 17.0. The molecule has 0 aliphatic heterocycles. The topological polar surface area (TPSA) is 101 Å². The third kappa shape index (κ3) is 10.1. The highest BCUT2D eigenvalue weighted by Gasteiger charge is 2.36. The zero-order chi connectivity index (χ0) is 22.8. The number of carbonyl (C=O) groups excluding carboxylic acids is 3. The fourth-order valence-electron chi connectivity index (χ4n) is 3.66. The molecule has 0 aromatic heterocycles. The Labute approximate surface area is 178 Å². The molecule has 29 heavy (non-hydrogen) atoms. The highest BCUT2D eigenvalue weighted by Crippen LogP contribution is 2.33. The largest absolute Gasteiger partial charge is 0.352 e. The molecule has 2 unspecified atom stereocenters. The van der Waals surface area contributed by atoms with Crippen molar-refractivity contribution in [3.05, 3.63) is 0 Å². The van der Waals surface area contributed by atoms with Crippen molar-refractivity contribution in [3.63, 3.8) is 0 Å². The highest BCUT2D eigenvalue weighted by atomic mass is 16.2. The summed E-state index contributed by atoms with van der Waals surface area (Å²) in [7, 11) is 0. The molecule has 0 bridgehead atoms. The summed E-state index contributed by atoms with van der Waals surface area (Å²) in [5.41, 5.74) is 4.68. The summed E-state index contributed by atoms with van der Waals surface area (Å²) in [5, 5.41) is 5.62. The molecule has 0 aromatic carbocycles. The number of hydrogen-bond donors (Lipinski definition) is 3. The van der Waals surface area contributed by atoms with Crippen LogP contribution in [0.25, 0.3) is 0 Å². The average molecular weight is 412 g/mol. The number of carbonyl (C=O) groups is 3. The first-order valence-electron chi connectivity index (χ1n) is 11.2. The van der Waals surface area contributed by atoms with Gasteiger partial charge in [0.2, 0.25) is 5.91 Å². The molecule has 0 aliphatic carbocycles. The van der Waals surface area contributed by atoms with Crippen LogP contribution in [0.4, 0.5) is 4.79 Å². The van der Waals surface area contributed by atoms with E-state index in [0.717, 1.165) is 25.7 Å². The summed E-state index contributed by atoms with van der Waals surface area (Å²) >= 11 is 0. The Hall–Kier alpha value is -1.59.